The first-order valence-corrected chi connectivity index (χ1v) is 12.8. The van der Waals surface area contributed by atoms with E-state index in [-0.39, 0.29) is 12.5 Å². The van der Waals surface area contributed by atoms with E-state index in [1.807, 2.05) is 54.6 Å². The molecule has 0 saturated carbocycles. The summed E-state index contributed by atoms with van der Waals surface area (Å²) in [5.41, 5.74) is 3.41. The number of benzene rings is 4. The minimum absolute atomic E-state index is 0.0250. The second kappa shape index (κ2) is 9.21. The van der Waals surface area contributed by atoms with Gasteiger partial charge in [-0.2, -0.15) is 0 Å². The van der Waals surface area contributed by atoms with Gasteiger partial charge in [0.15, 0.2) is 6.61 Å². The Kier molecular flexibility index (Phi) is 5.50. The van der Waals surface area contributed by atoms with Crippen LogP contribution in [0.5, 0.6) is 5.75 Å². The molecule has 0 saturated heterocycles. The SMILES string of the molecule is O=C1COc2ccc(-c3cccc(Cl)c3-c3ccc4c(=O)n(-c5cncc6ccccc56)c(=O)[nH]c4c3)cc2N1. The van der Waals surface area contributed by atoms with E-state index in [1.165, 1.54) is 6.20 Å². The Hall–Kier alpha value is -5.21. The van der Waals surface area contributed by atoms with Gasteiger partial charge in [0.05, 0.1) is 28.5 Å². The summed E-state index contributed by atoms with van der Waals surface area (Å²) < 4.78 is 6.61. The zero-order valence-corrected chi connectivity index (χ0v) is 21.5. The molecule has 194 valence electrons. The monoisotopic (exact) mass is 546 g/mol. The molecule has 1 aliphatic heterocycles. The maximum Gasteiger partial charge on any atom is 0.333 e. The van der Waals surface area contributed by atoms with Crippen LogP contribution >= 0.6 is 11.6 Å². The Morgan fingerprint density at radius 2 is 1.70 bits per heavy atom. The van der Waals surface area contributed by atoms with E-state index in [9.17, 15) is 14.4 Å². The number of hydrogen-bond donors (Lipinski definition) is 2. The van der Waals surface area contributed by atoms with Crippen molar-refractivity contribution in [3.63, 3.8) is 0 Å². The highest BCUT2D eigenvalue weighted by atomic mass is 35.5. The molecule has 0 unspecified atom stereocenters. The highest BCUT2D eigenvalue weighted by molar-refractivity contribution is 6.34. The van der Waals surface area contributed by atoms with Gasteiger partial charge in [0, 0.05) is 27.6 Å². The highest BCUT2D eigenvalue weighted by Crippen LogP contribution is 2.41. The number of amides is 1. The second-order valence-electron chi connectivity index (χ2n) is 9.42. The normalized spacial score (nSPS) is 12.7. The number of halogens is 1. The topological polar surface area (TPSA) is 106 Å². The molecule has 2 aromatic heterocycles. The Labute approximate surface area is 231 Å². The van der Waals surface area contributed by atoms with E-state index >= 15 is 0 Å². The number of H-pyrrole nitrogens is 1. The van der Waals surface area contributed by atoms with Crippen LogP contribution in [-0.4, -0.2) is 27.0 Å². The standard InChI is InChI=1S/C31H19ClN4O4/c32-23-7-3-6-21(17-9-11-27-25(12-17)34-28(37)16-40-27)29(23)18-8-10-22-24(13-18)35-31(39)36(30(22)38)26-15-33-14-19-4-1-2-5-20(19)26/h1-15H,16H2,(H,34,37)(H,35,39). The Morgan fingerprint density at radius 3 is 2.60 bits per heavy atom. The number of aromatic amines is 1. The predicted octanol–water partition coefficient (Wildman–Crippen LogP) is 5.55. The van der Waals surface area contributed by atoms with E-state index in [0.717, 1.165) is 32.0 Å². The molecule has 4 aromatic carbocycles. The number of anilines is 1. The largest absolute Gasteiger partial charge is 0.482 e. The Morgan fingerprint density at radius 1 is 0.850 bits per heavy atom. The summed E-state index contributed by atoms with van der Waals surface area (Å²) in [6.07, 6.45) is 3.21. The first-order chi connectivity index (χ1) is 19.5. The van der Waals surface area contributed by atoms with Crippen molar-refractivity contribution >= 4 is 44.9 Å². The number of carbonyl (C=O) groups excluding carboxylic acids is 1. The molecule has 1 aliphatic rings. The highest BCUT2D eigenvalue weighted by Gasteiger charge is 2.19. The van der Waals surface area contributed by atoms with E-state index < -0.39 is 11.2 Å². The van der Waals surface area contributed by atoms with E-state index in [2.05, 4.69) is 15.3 Å². The lowest BCUT2D eigenvalue weighted by Gasteiger charge is -2.19. The van der Waals surface area contributed by atoms with E-state index in [0.29, 0.717) is 38.6 Å². The van der Waals surface area contributed by atoms with Gasteiger partial charge in [-0.15, -0.1) is 0 Å². The molecular formula is C31H19ClN4O4. The van der Waals surface area contributed by atoms with Crippen molar-refractivity contribution < 1.29 is 9.53 Å². The second-order valence-corrected chi connectivity index (χ2v) is 9.83. The van der Waals surface area contributed by atoms with Crippen LogP contribution in [0.4, 0.5) is 5.69 Å². The molecule has 0 spiro atoms. The molecule has 1 amide bonds. The fraction of sp³-hybridized carbons (Fsp3) is 0.0323. The number of hydrogen-bond acceptors (Lipinski definition) is 5. The summed E-state index contributed by atoms with van der Waals surface area (Å²) in [6.45, 7) is -0.0250. The van der Waals surface area contributed by atoms with Crippen LogP contribution in [-0.2, 0) is 4.79 Å². The van der Waals surface area contributed by atoms with Gasteiger partial charge in [-0.3, -0.25) is 14.6 Å². The third kappa shape index (κ3) is 3.85. The molecular weight excluding hydrogens is 528 g/mol. The third-order valence-electron chi connectivity index (χ3n) is 7.01. The number of fused-ring (bicyclic) bond motifs is 3. The van der Waals surface area contributed by atoms with Crippen molar-refractivity contribution in [1.82, 2.24) is 14.5 Å². The smallest absolute Gasteiger partial charge is 0.333 e. The van der Waals surface area contributed by atoms with Crippen molar-refractivity contribution in [1.29, 1.82) is 0 Å². The van der Waals surface area contributed by atoms with Gasteiger partial charge in [-0.25, -0.2) is 9.36 Å². The summed E-state index contributed by atoms with van der Waals surface area (Å²) in [6, 6.07) is 23.8. The van der Waals surface area contributed by atoms with Crippen molar-refractivity contribution in [3.8, 4) is 33.7 Å². The molecule has 7 rings (SSSR count). The van der Waals surface area contributed by atoms with Crippen LogP contribution in [0.2, 0.25) is 5.02 Å². The molecule has 3 heterocycles. The average molecular weight is 547 g/mol. The Balaban J connectivity index is 1.39. The van der Waals surface area contributed by atoms with Gasteiger partial charge in [-0.05, 0) is 47.0 Å². The zero-order valence-electron chi connectivity index (χ0n) is 20.8. The van der Waals surface area contributed by atoms with Gasteiger partial charge < -0.3 is 15.0 Å². The fourth-order valence-corrected chi connectivity index (χ4v) is 5.46. The summed E-state index contributed by atoms with van der Waals surface area (Å²) in [7, 11) is 0. The zero-order chi connectivity index (χ0) is 27.4. The minimum Gasteiger partial charge on any atom is -0.482 e. The van der Waals surface area contributed by atoms with Crippen molar-refractivity contribution in [2.45, 2.75) is 0 Å². The fourth-order valence-electron chi connectivity index (χ4n) is 5.18. The summed E-state index contributed by atoms with van der Waals surface area (Å²) >= 11 is 6.72. The van der Waals surface area contributed by atoms with Gasteiger partial charge in [0.1, 0.15) is 5.75 Å². The number of rotatable bonds is 3. The first-order valence-electron chi connectivity index (χ1n) is 12.5. The molecule has 0 fully saturated rings. The lowest BCUT2D eigenvalue weighted by atomic mass is 9.93. The molecule has 0 bridgehead atoms. The molecule has 6 aromatic rings. The lowest BCUT2D eigenvalue weighted by molar-refractivity contribution is -0.118. The van der Waals surface area contributed by atoms with Crippen LogP contribution < -0.4 is 21.3 Å². The van der Waals surface area contributed by atoms with Crippen molar-refractivity contribution in [2.75, 3.05) is 11.9 Å². The minimum atomic E-state index is -0.572. The van der Waals surface area contributed by atoms with Crippen LogP contribution in [0.3, 0.4) is 0 Å². The van der Waals surface area contributed by atoms with Gasteiger partial charge in [-0.1, -0.05) is 60.1 Å². The summed E-state index contributed by atoms with van der Waals surface area (Å²) in [4.78, 5) is 45.8. The molecule has 40 heavy (non-hydrogen) atoms. The predicted molar refractivity (Wildman–Crippen MR) is 155 cm³/mol. The molecule has 8 nitrogen and oxygen atoms in total. The van der Waals surface area contributed by atoms with Crippen molar-refractivity contribution in [2.24, 2.45) is 0 Å². The molecule has 9 heteroatoms. The maximum atomic E-state index is 13.6. The molecule has 0 atom stereocenters. The quantitative estimate of drug-likeness (QED) is 0.303. The number of carbonyl (C=O) groups is 1. The summed E-state index contributed by atoms with van der Waals surface area (Å²) in [5.74, 6) is 0.368. The van der Waals surface area contributed by atoms with Gasteiger partial charge >= 0.3 is 5.69 Å². The number of nitrogens with zero attached hydrogens (tertiary/aromatic N) is 2. The summed E-state index contributed by atoms with van der Waals surface area (Å²) in [5, 5.41) is 5.24. The Bertz CT molecular complexity index is 2130. The number of aromatic nitrogens is 3. The third-order valence-corrected chi connectivity index (χ3v) is 7.33. The lowest BCUT2D eigenvalue weighted by Crippen LogP contribution is -2.33. The molecule has 0 radical (unpaired) electrons. The number of nitrogens with one attached hydrogen (secondary N) is 2. The van der Waals surface area contributed by atoms with E-state index in [1.54, 1.807) is 30.5 Å². The van der Waals surface area contributed by atoms with Crippen LogP contribution in [0, 0.1) is 0 Å². The van der Waals surface area contributed by atoms with Gasteiger partial charge in [0.25, 0.3) is 11.5 Å². The van der Waals surface area contributed by atoms with Gasteiger partial charge in [0.2, 0.25) is 0 Å². The number of pyridine rings is 1. The van der Waals surface area contributed by atoms with Crippen LogP contribution in [0.15, 0.2) is 101 Å². The van der Waals surface area contributed by atoms with E-state index in [4.69, 9.17) is 16.3 Å². The van der Waals surface area contributed by atoms with Crippen molar-refractivity contribution in [3.05, 3.63) is 117 Å². The first kappa shape index (κ1) is 23.9. The maximum absolute atomic E-state index is 13.6. The average Bonchev–Trinajstić information content (AvgIpc) is 2.96. The van der Waals surface area contributed by atoms with Crippen LogP contribution in [0.1, 0.15) is 0 Å². The molecule has 2 N–H and O–H groups in total. The molecule has 0 aliphatic carbocycles. The van der Waals surface area contributed by atoms with Crippen LogP contribution in [0.25, 0.3) is 49.6 Å². The number of ether oxygens (including phenoxy) is 1.